The van der Waals surface area contributed by atoms with Gasteiger partial charge in [-0.3, -0.25) is 0 Å². The minimum absolute atomic E-state index is 0.369. The first-order valence-electron chi connectivity index (χ1n) is 5.95. The van der Waals surface area contributed by atoms with Crippen LogP contribution < -0.4 is 5.32 Å². The maximum Gasteiger partial charge on any atom is 0.0950 e. The molecule has 0 aliphatic rings. The largest absolute Gasteiger partial charge is 0.472 e. The smallest absolute Gasteiger partial charge is 0.0950 e. The Morgan fingerprint density at radius 2 is 2.00 bits per heavy atom. The summed E-state index contributed by atoms with van der Waals surface area (Å²) in [7, 11) is 0. The maximum atomic E-state index is 5.08. The van der Waals surface area contributed by atoms with Crippen molar-refractivity contribution in [3.05, 3.63) is 24.2 Å². The molecule has 2 nitrogen and oxygen atoms in total. The van der Waals surface area contributed by atoms with E-state index in [1.54, 1.807) is 6.26 Å². The van der Waals surface area contributed by atoms with Crippen LogP contribution in [-0.4, -0.2) is 17.5 Å². The molecule has 1 aromatic heterocycles. The molecule has 1 aromatic rings. The Balaban J connectivity index is 2.21. The van der Waals surface area contributed by atoms with Gasteiger partial charge in [0, 0.05) is 23.4 Å². The normalized spacial score (nSPS) is 15.3. The summed E-state index contributed by atoms with van der Waals surface area (Å²) in [4.78, 5) is 0. The maximum absolute atomic E-state index is 5.08. The van der Waals surface area contributed by atoms with Crippen molar-refractivity contribution in [3.8, 4) is 0 Å². The molecule has 1 rings (SSSR count). The molecule has 0 amide bonds. The van der Waals surface area contributed by atoms with Gasteiger partial charge in [-0.25, -0.2) is 0 Å². The molecule has 0 fully saturated rings. The molecule has 2 unspecified atom stereocenters. The van der Waals surface area contributed by atoms with Crippen LogP contribution in [-0.2, 0) is 0 Å². The van der Waals surface area contributed by atoms with Crippen LogP contribution in [0.3, 0.4) is 0 Å². The lowest BCUT2D eigenvalue weighted by molar-refractivity contribution is 0.500. The van der Waals surface area contributed by atoms with Gasteiger partial charge in [-0.15, -0.1) is 0 Å². The molecule has 92 valence electrons. The van der Waals surface area contributed by atoms with Gasteiger partial charge in [-0.1, -0.05) is 13.8 Å². The second-order valence-corrected chi connectivity index (χ2v) is 5.85. The molecule has 0 aromatic carbocycles. The molecule has 0 aliphatic carbocycles. The van der Waals surface area contributed by atoms with Gasteiger partial charge in [-0.2, -0.15) is 11.8 Å². The van der Waals surface area contributed by atoms with E-state index < -0.39 is 0 Å². The van der Waals surface area contributed by atoms with Crippen LogP contribution in [0.2, 0.25) is 0 Å². The Bertz CT molecular complexity index is 271. The molecular formula is C13H23NOS. The van der Waals surface area contributed by atoms with Crippen molar-refractivity contribution in [1.82, 2.24) is 5.32 Å². The highest BCUT2D eigenvalue weighted by molar-refractivity contribution is 7.99. The molecule has 0 saturated carbocycles. The van der Waals surface area contributed by atoms with Crippen molar-refractivity contribution in [2.75, 3.05) is 11.5 Å². The minimum atomic E-state index is 0.369. The molecule has 1 heterocycles. The minimum Gasteiger partial charge on any atom is -0.472 e. The third-order valence-corrected chi connectivity index (χ3v) is 4.03. The van der Waals surface area contributed by atoms with E-state index in [0.717, 1.165) is 5.92 Å². The van der Waals surface area contributed by atoms with Gasteiger partial charge in [0.15, 0.2) is 0 Å². The van der Waals surface area contributed by atoms with Gasteiger partial charge in [0.05, 0.1) is 12.5 Å². The molecular weight excluding hydrogens is 218 g/mol. The summed E-state index contributed by atoms with van der Waals surface area (Å²) in [6.07, 6.45) is 3.54. The first kappa shape index (κ1) is 13.7. The van der Waals surface area contributed by atoms with Crippen LogP contribution in [0.25, 0.3) is 0 Å². The van der Waals surface area contributed by atoms with Crippen molar-refractivity contribution >= 4 is 11.8 Å². The van der Waals surface area contributed by atoms with Crippen LogP contribution in [0.5, 0.6) is 0 Å². The summed E-state index contributed by atoms with van der Waals surface area (Å²) >= 11 is 2.02. The predicted molar refractivity (Wildman–Crippen MR) is 71.9 cm³/mol. The van der Waals surface area contributed by atoms with E-state index >= 15 is 0 Å². The van der Waals surface area contributed by atoms with Crippen molar-refractivity contribution in [3.63, 3.8) is 0 Å². The Morgan fingerprint density at radius 3 is 2.56 bits per heavy atom. The number of nitrogens with one attached hydrogen (secondary N) is 1. The number of hydrogen-bond donors (Lipinski definition) is 1. The molecule has 0 aliphatic heterocycles. The van der Waals surface area contributed by atoms with Crippen LogP contribution in [0.4, 0.5) is 0 Å². The summed E-state index contributed by atoms with van der Waals surface area (Å²) in [5, 5.41) is 3.58. The summed E-state index contributed by atoms with van der Waals surface area (Å²) in [6, 6.07) is 2.92. The summed E-state index contributed by atoms with van der Waals surface area (Å²) in [6.45, 7) is 8.94. The molecule has 0 bridgehead atoms. The number of hydrogen-bond acceptors (Lipinski definition) is 3. The van der Waals surface area contributed by atoms with E-state index in [9.17, 15) is 0 Å². The van der Waals surface area contributed by atoms with Gasteiger partial charge in [0.2, 0.25) is 0 Å². The number of thioether (sulfide) groups is 1. The van der Waals surface area contributed by atoms with Gasteiger partial charge >= 0.3 is 0 Å². The molecule has 0 spiro atoms. The van der Waals surface area contributed by atoms with E-state index in [0.29, 0.717) is 12.1 Å². The Kier molecular flexibility index (Phi) is 5.99. The molecule has 3 heteroatoms. The van der Waals surface area contributed by atoms with E-state index in [-0.39, 0.29) is 0 Å². The Morgan fingerprint density at radius 1 is 1.25 bits per heavy atom. The fraction of sp³-hybridized carbons (Fsp3) is 0.692. The lowest BCUT2D eigenvalue weighted by atomic mass is 10.1. The standard InChI is InChI=1S/C13H23NOS/c1-10(2)8-16-9-11(3)14-12(4)13-5-6-15-7-13/h5-7,10-12,14H,8-9H2,1-4H3. The van der Waals surface area contributed by atoms with Crippen molar-refractivity contribution in [2.24, 2.45) is 5.92 Å². The van der Waals surface area contributed by atoms with E-state index in [1.807, 2.05) is 24.1 Å². The second kappa shape index (κ2) is 7.02. The summed E-state index contributed by atoms with van der Waals surface area (Å²) in [5.41, 5.74) is 1.22. The molecule has 2 atom stereocenters. The SMILES string of the molecule is CC(C)CSCC(C)NC(C)c1ccoc1. The topological polar surface area (TPSA) is 25.2 Å². The van der Waals surface area contributed by atoms with Crippen molar-refractivity contribution in [1.29, 1.82) is 0 Å². The van der Waals surface area contributed by atoms with Gasteiger partial charge in [0.25, 0.3) is 0 Å². The second-order valence-electron chi connectivity index (χ2n) is 4.78. The van der Waals surface area contributed by atoms with Crippen molar-refractivity contribution < 1.29 is 4.42 Å². The fourth-order valence-corrected chi connectivity index (χ4v) is 2.63. The van der Waals surface area contributed by atoms with Crippen LogP contribution in [0.15, 0.2) is 23.0 Å². The predicted octanol–water partition coefficient (Wildman–Crippen LogP) is 3.71. The Hall–Kier alpha value is -0.410. The number of rotatable bonds is 7. The average Bonchev–Trinajstić information content (AvgIpc) is 2.69. The average molecular weight is 241 g/mol. The first-order chi connectivity index (χ1) is 7.59. The fourth-order valence-electron chi connectivity index (χ4n) is 1.57. The lowest BCUT2D eigenvalue weighted by Gasteiger charge is -2.19. The van der Waals surface area contributed by atoms with Crippen LogP contribution >= 0.6 is 11.8 Å². The zero-order chi connectivity index (χ0) is 12.0. The highest BCUT2D eigenvalue weighted by Crippen LogP contribution is 2.15. The van der Waals surface area contributed by atoms with Gasteiger partial charge < -0.3 is 9.73 Å². The van der Waals surface area contributed by atoms with E-state index in [4.69, 9.17) is 4.42 Å². The third-order valence-electron chi connectivity index (χ3n) is 2.40. The monoisotopic (exact) mass is 241 g/mol. The number of furan rings is 1. The molecule has 1 N–H and O–H groups in total. The zero-order valence-electron chi connectivity index (χ0n) is 10.7. The Labute approximate surface area is 103 Å². The molecule has 0 radical (unpaired) electrons. The van der Waals surface area contributed by atoms with Gasteiger partial charge in [0.1, 0.15) is 0 Å². The quantitative estimate of drug-likeness (QED) is 0.788. The third kappa shape index (κ3) is 5.08. The van der Waals surface area contributed by atoms with Crippen LogP contribution in [0, 0.1) is 5.92 Å². The van der Waals surface area contributed by atoms with E-state index in [1.165, 1.54) is 17.1 Å². The summed E-state index contributed by atoms with van der Waals surface area (Å²) < 4.78 is 5.08. The first-order valence-corrected chi connectivity index (χ1v) is 7.11. The van der Waals surface area contributed by atoms with E-state index in [2.05, 4.69) is 33.0 Å². The highest BCUT2D eigenvalue weighted by atomic mass is 32.2. The van der Waals surface area contributed by atoms with Gasteiger partial charge in [-0.05, 0) is 31.6 Å². The molecule has 16 heavy (non-hydrogen) atoms. The zero-order valence-corrected chi connectivity index (χ0v) is 11.5. The van der Waals surface area contributed by atoms with Crippen LogP contribution in [0.1, 0.15) is 39.3 Å². The highest BCUT2D eigenvalue weighted by Gasteiger charge is 2.10. The lowest BCUT2D eigenvalue weighted by Crippen LogP contribution is -2.30. The summed E-state index contributed by atoms with van der Waals surface area (Å²) in [5.74, 6) is 3.19. The molecule has 0 saturated heterocycles. The van der Waals surface area contributed by atoms with Crippen molar-refractivity contribution in [2.45, 2.75) is 39.8 Å².